The van der Waals surface area contributed by atoms with E-state index in [1.54, 1.807) is 0 Å². The minimum Gasteiger partial charge on any atom is -0.481 e. The third-order valence-electron chi connectivity index (χ3n) is 2.67. The number of rotatable bonds is 5. The number of amides is 2. The Morgan fingerprint density at radius 1 is 1.47 bits per heavy atom. The maximum atomic E-state index is 11.7. The van der Waals surface area contributed by atoms with Crippen LogP contribution < -0.4 is 5.32 Å². The van der Waals surface area contributed by atoms with Gasteiger partial charge in [-0.3, -0.25) is 4.79 Å². The molecule has 0 radical (unpaired) electrons. The summed E-state index contributed by atoms with van der Waals surface area (Å²) in [6.45, 7) is 4.65. The topological polar surface area (TPSA) is 69.6 Å². The molecule has 0 bridgehead atoms. The number of carbonyl (C=O) groups is 2. The fourth-order valence-corrected chi connectivity index (χ4v) is 1.28. The number of carboxylic acid groups (broad SMARTS) is 1. The Morgan fingerprint density at radius 3 is 2.47 bits per heavy atom. The van der Waals surface area contributed by atoms with Crippen molar-refractivity contribution in [2.75, 3.05) is 13.1 Å². The largest absolute Gasteiger partial charge is 0.481 e. The zero-order valence-electron chi connectivity index (χ0n) is 9.25. The standard InChI is InChI=1S/C10H18N2O3/c1-3-12(7-4-8(13)14)9(15)11-10(2)5-6-10/h3-7H2,1-2H3,(H,11,15)(H,13,14). The van der Waals surface area contributed by atoms with Crippen LogP contribution in [-0.2, 0) is 4.79 Å². The zero-order chi connectivity index (χ0) is 11.5. The van der Waals surface area contributed by atoms with E-state index in [4.69, 9.17) is 5.11 Å². The molecule has 0 aromatic carbocycles. The third kappa shape index (κ3) is 3.77. The Kier molecular flexibility index (Phi) is 3.55. The molecule has 86 valence electrons. The molecule has 0 heterocycles. The van der Waals surface area contributed by atoms with Crippen LogP contribution in [0, 0.1) is 0 Å². The highest BCUT2D eigenvalue weighted by Gasteiger charge is 2.39. The molecular formula is C10H18N2O3. The molecule has 0 aromatic heterocycles. The fraction of sp³-hybridized carbons (Fsp3) is 0.800. The Balaban J connectivity index is 2.36. The quantitative estimate of drug-likeness (QED) is 0.718. The molecule has 0 aliphatic heterocycles. The number of nitrogens with zero attached hydrogens (tertiary/aromatic N) is 1. The van der Waals surface area contributed by atoms with Gasteiger partial charge in [-0.15, -0.1) is 0 Å². The number of urea groups is 1. The zero-order valence-corrected chi connectivity index (χ0v) is 9.25. The Labute approximate surface area is 89.4 Å². The van der Waals surface area contributed by atoms with E-state index >= 15 is 0 Å². The van der Waals surface area contributed by atoms with Crippen LogP contribution in [0.3, 0.4) is 0 Å². The van der Waals surface area contributed by atoms with E-state index in [0.29, 0.717) is 6.54 Å². The van der Waals surface area contributed by atoms with Crippen molar-refractivity contribution in [3.63, 3.8) is 0 Å². The normalized spacial score (nSPS) is 16.9. The highest BCUT2D eigenvalue weighted by Crippen LogP contribution is 2.34. The Bertz CT molecular complexity index is 261. The van der Waals surface area contributed by atoms with Crippen molar-refractivity contribution < 1.29 is 14.7 Å². The van der Waals surface area contributed by atoms with E-state index in [0.717, 1.165) is 12.8 Å². The number of hydrogen-bond donors (Lipinski definition) is 2. The second kappa shape index (κ2) is 4.51. The summed E-state index contributed by atoms with van der Waals surface area (Å²) in [6, 6.07) is -0.154. The van der Waals surface area contributed by atoms with E-state index < -0.39 is 5.97 Å². The van der Waals surface area contributed by atoms with Crippen molar-refractivity contribution >= 4 is 12.0 Å². The van der Waals surface area contributed by atoms with Crippen LogP contribution in [0.25, 0.3) is 0 Å². The molecule has 1 rings (SSSR count). The summed E-state index contributed by atoms with van der Waals surface area (Å²) in [5, 5.41) is 11.4. The molecule has 0 unspecified atom stereocenters. The van der Waals surface area contributed by atoms with Gasteiger partial charge in [0.15, 0.2) is 0 Å². The summed E-state index contributed by atoms with van der Waals surface area (Å²) in [4.78, 5) is 23.6. The summed E-state index contributed by atoms with van der Waals surface area (Å²) < 4.78 is 0. The predicted molar refractivity (Wildman–Crippen MR) is 55.7 cm³/mol. The first-order valence-corrected chi connectivity index (χ1v) is 5.26. The SMILES string of the molecule is CCN(CCC(=O)O)C(=O)NC1(C)CC1. The first kappa shape index (κ1) is 11.8. The van der Waals surface area contributed by atoms with Crippen LogP contribution in [0.15, 0.2) is 0 Å². The lowest BCUT2D eigenvalue weighted by Crippen LogP contribution is -2.45. The van der Waals surface area contributed by atoms with Crippen molar-refractivity contribution in [2.24, 2.45) is 0 Å². The van der Waals surface area contributed by atoms with Gasteiger partial charge >= 0.3 is 12.0 Å². The monoisotopic (exact) mass is 214 g/mol. The van der Waals surface area contributed by atoms with E-state index in [-0.39, 0.29) is 24.5 Å². The molecule has 5 heteroatoms. The van der Waals surface area contributed by atoms with Crippen molar-refractivity contribution in [1.29, 1.82) is 0 Å². The highest BCUT2D eigenvalue weighted by molar-refractivity contribution is 5.76. The number of nitrogens with one attached hydrogen (secondary N) is 1. The maximum absolute atomic E-state index is 11.7. The van der Waals surface area contributed by atoms with Crippen LogP contribution in [0.2, 0.25) is 0 Å². The first-order chi connectivity index (χ1) is 6.97. The predicted octanol–water partition coefficient (Wildman–Crippen LogP) is 1.05. The van der Waals surface area contributed by atoms with Crippen molar-refractivity contribution in [3.8, 4) is 0 Å². The number of aliphatic carboxylic acids is 1. The van der Waals surface area contributed by atoms with Gasteiger partial charge in [0.2, 0.25) is 0 Å². The van der Waals surface area contributed by atoms with Crippen molar-refractivity contribution in [1.82, 2.24) is 10.2 Å². The van der Waals surface area contributed by atoms with Crippen molar-refractivity contribution in [3.05, 3.63) is 0 Å². The second-order valence-corrected chi connectivity index (χ2v) is 4.21. The molecule has 0 saturated heterocycles. The number of hydrogen-bond acceptors (Lipinski definition) is 2. The van der Waals surface area contributed by atoms with Crippen LogP contribution in [0.5, 0.6) is 0 Å². The molecule has 2 amide bonds. The summed E-state index contributed by atoms with van der Waals surface area (Å²) in [5.41, 5.74) is -0.0479. The van der Waals surface area contributed by atoms with Gasteiger partial charge in [0.05, 0.1) is 6.42 Å². The first-order valence-electron chi connectivity index (χ1n) is 5.26. The average Bonchev–Trinajstić information content (AvgIpc) is 2.83. The Hall–Kier alpha value is -1.26. The summed E-state index contributed by atoms with van der Waals surface area (Å²) in [7, 11) is 0. The lowest BCUT2D eigenvalue weighted by atomic mass is 10.3. The van der Waals surface area contributed by atoms with Gasteiger partial charge in [-0.1, -0.05) is 0 Å². The molecule has 2 N–H and O–H groups in total. The van der Waals surface area contributed by atoms with Gasteiger partial charge in [0.1, 0.15) is 0 Å². The van der Waals surface area contributed by atoms with Crippen molar-refractivity contribution in [2.45, 2.75) is 38.6 Å². The van der Waals surface area contributed by atoms with Crippen LogP contribution in [0.1, 0.15) is 33.1 Å². The maximum Gasteiger partial charge on any atom is 0.317 e. The minimum atomic E-state index is -0.876. The van der Waals surface area contributed by atoms with Crippen LogP contribution in [-0.4, -0.2) is 40.6 Å². The van der Waals surface area contributed by atoms with Gasteiger partial charge in [-0.05, 0) is 26.7 Å². The average molecular weight is 214 g/mol. The minimum absolute atomic E-state index is 0.00201. The van der Waals surface area contributed by atoms with E-state index in [1.807, 2.05) is 13.8 Å². The molecule has 0 spiro atoms. The fourth-order valence-electron chi connectivity index (χ4n) is 1.28. The van der Waals surface area contributed by atoms with E-state index in [1.165, 1.54) is 4.90 Å². The lowest BCUT2D eigenvalue weighted by Gasteiger charge is -2.23. The van der Waals surface area contributed by atoms with Gasteiger partial charge in [0.25, 0.3) is 0 Å². The smallest absolute Gasteiger partial charge is 0.317 e. The molecule has 0 atom stereocenters. The van der Waals surface area contributed by atoms with Gasteiger partial charge < -0.3 is 15.3 Å². The van der Waals surface area contributed by atoms with E-state index in [2.05, 4.69) is 5.32 Å². The van der Waals surface area contributed by atoms with Crippen LogP contribution in [0.4, 0.5) is 4.79 Å². The second-order valence-electron chi connectivity index (χ2n) is 4.21. The molecule has 1 aliphatic rings. The van der Waals surface area contributed by atoms with Gasteiger partial charge in [-0.25, -0.2) is 4.79 Å². The summed E-state index contributed by atoms with van der Waals surface area (Å²) in [6.07, 6.45) is 2.02. The molecule has 1 fully saturated rings. The molecule has 1 aliphatic carbocycles. The van der Waals surface area contributed by atoms with Gasteiger partial charge in [-0.2, -0.15) is 0 Å². The summed E-state index contributed by atoms with van der Waals surface area (Å²) >= 11 is 0. The lowest BCUT2D eigenvalue weighted by molar-refractivity contribution is -0.137. The van der Waals surface area contributed by atoms with Gasteiger partial charge in [0, 0.05) is 18.6 Å². The Morgan fingerprint density at radius 2 is 2.07 bits per heavy atom. The molecule has 5 nitrogen and oxygen atoms in total. The number of carboxylic acids is 1. The molecule has 1 saturated carbocycles. The molecule has 15 heavy (non-hydrogen) atoms. The number of carbonyl (C=O) groups excluding carboxylic acids is 1. The molecule has 0 aromatic rings. The molecular weight excluding hydrogens is 196 g/mol. The summed E-state index contributed by atoms with van der Waals surface area (Å²) in [5.74, 6) is -0.876. The van der Waals surface area contributed by atoms with Crippen LogP contribution >= 0.6 is 0 Å². The van der Waals surface area contributed by atoms with E-state index in [9.17, 15) is 9.59 Å². The highest BCUT2D eigenvalue weighted by atomic mass is 16.4. The third-order valence-corrected chi connectivity index (χ3v) is 2.67.